The van der Waals surface area contributed by atoms with Crippen LogP contribution in [-0.2, 0) is 17.6 Å². The Bertz CT molecular complexity index is 734. The lowest BCUT2D eigenvalue weighted by Crippen LogP contribution is -2.26. The molecule has 0 unspecified atom stereocenters. The first-order valence-electron chi connectivity index (χ1n) is 9.05. The first-order chi connectivity index (χ1) is 13.2. The predicted octanol–water partition coefficient (Wildman–Crippen LogP) is 2.33. The fourth-order valence-electron chi connectivity index (χ4n) is 2.71. The summed E-state index contributed by atoms with van der Waals surface area (Å²) in [5.74, 6) is 2.07. The fourth-order valence-corrected chi connectivity index (χ4v) is 2.71. The zero-order chi connectivity index (χ0) is 19.5. The van der Waals surface area contributed by atoms with Gasteiger partial charge in [0.2, 0.25) is 5.91 Å². The highest BCUT2D eigenvalue weighted by atomic mass is 16.5. The molecule has 0 saturated heterocycles. The lowest BCUT2D eigenvalue weighted by molar-refractivity contribution is -0.120. The summed E-state index contributed by atoms with van der Waals surface area (Å²) in [7, 11) is 3.23. The monoisotopic (exact) mass is 372 g/mol. The summed E-state index contributed by atoms with van der Waals surface area (Å²) in [6.07, 6.45) is 2.05. The maximum atomic E-state index is 12.2. The zero-order valence-corrected chi connectivity index (χ0v) is 16.0. The molecular formula is C21H28N2O4. The standard InChI is InChI=1S/C21H28N2O4/c1-25-18-7-3-5-16(13-18)6-4-11-23-21(24)15-17-8-9-19(27-12-10-22)20(14-17)26-2/h3,5,7-9,13-14H,4,6,10-12,15,22H2,1-2H3,(H,23,24). The molecule has 2 aromatic carbocycles. The van der Waals surface area contributed by atoms with Gasteiger partial charge in [-0.15, -0.1) is 0 Å². The van der Waals surface area contributed by atoms with Gasteiger partial charge in [0.05, 0.1) is 20.6 Å². The highest BCUT2D eigenvalue weighted by molar-refractivity contribution is 5.78. The predicted molar refractivity (Wildman–Crippen MR) is 106 cm³/mol. The molecule has 0 aliphatic carbocycles. The third kappa shape index (κ3) is 6.83. The first kappa shape index (κ1) is 20.6. The van der Waals surface area contributed by atoms with E-state index in [-0.39, 0.29) is 5.91 Å². The molecular weight excluding hydrogens is 344 g/mol. The average Bonchev–Trinajstić information content (AvgIpc) is 2.70. The minimum atomic E-state index is -0.0154. The van der Waals surface area contributed by atoms with Crippen molar-refractivity contribution in [3.8, 4) is 17.2 Å². The van der Waals surface area contributed by atoms with Crippen LogP contribution in [-0.4, -0.2) is 39.8 Å². The van der Waals surface area contributed by atoms with Crippen molar-refractivity contribution in [2.45, 2.75) is 19.3 Å². The van der Waals surface area contributed by atoms with Crippen molar-refractivity contribution in [1.82, 2.24) is 5.32 Å². The van der Waals surface area contributed by atoms with Gasteiger partial charge in [-0.05, 0) is 48.2 Å². The quantitative estimate of drug-likeness (QED) is 0.592. The molecule has 27 heavy (non-hydrogen) atoms. The molecule has 2 aromatic rings. The van der Waals surface area contributed by atoms with E-state index in [0.29, 0.717) is 37.6 Å². The van der Waals surface area contributed by atoms with E-state index >= 15 is 0 Å². The third-order valence-corrected chi connectivity index (χ3v) is 4.07. The van der Waals surface area contributed by atoms with E-state index in [1.807, 2.05) is 30.3 Å². The molecule has 0 bridgehead atoms. The van der Waals surface area contributed by atoms with Crippen LogP contribution in [0, 0.1) is 0 Å². The van der Waals surface area contributed by atoms with Crippen LogP contribution in [0.15, 0.2) is 42.5 Å². The molecule has 0 radical (unpaired) electrons. The van der Waals surface area contributed by atoms with Crippen molar-refractivity contribution >= 4 is 5.91 Å². The van der Waals surface area contributed by atoms with Crippen molar-refractivity contribution in [3.05, 3.63) is 53.6 Å². The summed E-state index contributed by atoms with van der Waals surface area (Å²) in [5, 5.41) is 2.96. The van der Waals surface area contributed by atoms with Gasteiger partial charge in [0.25, 0.3) is 0 Å². The third-order valence-electron chi connectivity index (χ3n) is 4.07. The molecule has 0 aliphatic rings. The summed E-state index contributed by atoms with van der Waals surface area (Å²) < 4.78 is 16.1. The van der Waals surface area contributed by atoms with Crippen LogP contribution in [0.4, 0.5) is 0 Å². The topological polar surface area (TPSA) is 82.8 Å². The molecule has 0 fully saturated rings. The first-order valence-corrected chi connectivity index (χ1v) is 9.05. The molecule has 0 spiro atoms. The number of rotatable bonds is 11. The van der Waals surface area contributed by atoms with Crippen molar-refractivity contribution in [2.24, 2.45) is 5.73 Å². The molecule has 0 aliphatic heterocycles. The number of carbonyl (C=O) groups is 1. The van der Waals surface area contributed by atoms with Crippen LogP contribution >= 0.6 is 0 Å². The van der Waals surface area contributed by atoms with Gasteiger partial charge in [-0.2, -0.15) is 0 Å². The highest BCUT2D eigenvalue weighted by Crippen LogP contribution is 2.28. The second kappa shape index (κ2) is 11.1. The van der Waals surface area contributed by atoms with E-state index in [4.69, 9.17) is 19.9 Å². The van der Waals surface area contributed by atoms with Crippen LogP contribution in [0.1, 0.15) is 17.5 Å². The second-order valence-corrected chi connectivity index (χ2v) is 6.10. The molecule has 2 rings (SSSR count). The van der Waals surface area contributed by atoms with Gasteiger partial charge in [0.1, 0.15) is 12.4 Å². The number of aryl methyl sites for hydroxylation is 1. The second-order valence-electron chi connectivity index (χ2n) is 6.10. The lowest BCUT2D eigenvalue weighted by Gasteiger charge is -2.12. The summed E-state index contributed by atoms with van der Waals surface area (Å²) in [6, 6.07) is 13.5. The Balaban J connectivity index is 1.78. The summed E-state index contributed by atoms with van der Waals surface area (Å²) in [6.45, 7) is 1.48. The van der Waals surface area contributed by atoms with E-state index < -0.39 is 0 Å². The number of carbonyl (C=O) groups excluding carboxylic acids is 1. The van der Waals surface area contributed by atoms with Gasteiger partial charge >= 0.3 is 0 Å². The molecule has 0 atom stereocenters. The highest BCUT2D eigenvalue weighted by Gasteiger charge is 2.09. The van der Waals surface area contributed by atoms with Crippen LogP contribution in [0.5, 0.6) is 17.2 Å². The molecule has 0 aromatic heterocycles. The number of ether oxygens (including phenoxy) is 3. The molecule has 0 saturated carbocycles. The molecule has 146 valence electrons. The van der Waals surface area contributed by atoms with Gasteiger partial charge in [-0.25, -0.2) is 0 Å². The fraction of sp³-hybridized carbons (Fsp3) is 0.381. The smallest absolute Gasteiger partial charge is 0.224 e. The van der Waals surface area contributed by atoms with E-state index in [2.05, 4.69) is 11.4 Å². The SMILES string of the molecule is COc1cccc(CCCNC(=O)Cc2ccc(OCCN)c(OC)c2)c1. The Morgan fingerprint density at radius 2 is 1.89 bits per heavy atom. The number of hydrogen-bond acceptors (Lipinski definition) is 5. The van der Waals surface area contributed by atoms with E-state index in [1.54, 1.807) is 20.3 Å². The largest absolute Gasteiger partial charge is 0.497 e. The van der Waals surface area contributed by atoms with Crippen molar-refractivity contribution < 1.29 is 19.0 Å². The summed E-state index contributed by atoms with van der Waals surface area (Å²) in [4.78, 5) is 12.2. The van der Waals surface area contributed by atoms with Crippen LogP contribution in [0.2, 0.25) is 0 Å². The summed E-state index contributed by atoms with van der Waals surface area (Å²) >= 11 is 0. The Kier molecular flexibility index (Phi) is 8.45. The maximum Gasteiger partial charge on any atom is 0.224 e. The molecule has 1 amide bonds. The number of hydrogen-bond donors (Lipinski definition) is 2. The molecule has 6 heteroatoms. The van der Waals surface area contributed by atoms with Crippen LogP contribution < -0.4 is 25.3 Å². The van der Waals surface area contributed by atoms with Gasteiger partial charge < -0.3 is 25.3 Å². The maximum absolute atomic E-state index is 12.2. The van der Waals surface area contributed by atoms with E-state index in [9.17, 15) is 4.79 Å². The van der Waals surface area contributed by atoms with E-state index in [1.165, 1.54) is 5.56 Å². The van der Waals surface area contributed by atoms with Crippen molar-refractivity contribution in [1.29, 1.82) is 0 Å². The number of nitrogens with one attached hydrogen (secondary N) is 1. The summed E-state index contributed by atoms with van der Waals surface area (Å²) in [5.41, 5.74) is 7.52. The van der Waals surface area contributed by atoms with Crippen LogP contribution in [0.3, 0.4) is 0 Å². The average molecular weight is 372 g/mol. The molecule has 6 nitrogen and oxygen atoms in total. The Hall–Kier alpha value is -2.73. The number of amides is 1. The molecule has 0 heterocycles. The Morgan fingerprint density at radius 3 is 2.63 bits per heavy atom. The Labute approximate surface area is 160 Å². The van der Waals surface area contributed by atoms with Crippen molar-refractivity contribution in [3.63, 3.8) is 0 Å². The van der Waals surface area contributed by atoms with E-state index in [0.717, 1.165) is 24.2 Å². The zero-order valence-electron chi connectivity index (χ0n) is 16.0. The van der Waals surface area contributed by atoms with Crippen molar-refractivity contribution in [2.75, 3.05) is 33.9 Å². The van der Waals surface area contributed by atoms with Gasteiger partial charge in [-0.1, -0.05) is 18.2 Å². The minimum Gasteiger partial charge on any atom is -0.497 e. The molecule has 3 N–H and O–H groups in total. The normalized spacial score (nSPS) is 10.3. The Morgan fingerprint density at radius 1 is 1.04 bits per heavy atom. The number of benzene rings is 2. The number of nitrogens with two attached hydrogens (primary N) is 1. The van der Waals surface area contributed by atoms with Gasteiger partial charge in [0, 0.05) is 13.1 Å². The number of methoxy groups -OCH3 is 2. The van der Waals surface area contributed by atoms with Gasteiger partial charge in [-0.3, -0.25) is 4.79 Å². The lowest BCUT2D eigenvalue weighted by atomic mass is 10.1. The van der Waals surface area contributed by atoms with Crippen LogP contribution in [0.25, 0.3) is 0 Å². The van der Waals surface area contributed by atoms with Gasteiger partial charge in [0.15, 0.2) is 11.5 Å². The minimum absolute atomic E-state index is 0.0154.